The minimum atomic E-state index is 0.670. The monoisotopic (exact) mass is 417 g/mol. The van der Waals surface area contributed by atoms with Crippen LogP contribution in [0.3, 0.4) is 0 Å². The molecule has 0 spiro atoms. The molecule has 0 radical (unpaired) electrons. The molecule has 31 heavy (non-hydrogen) atoms. The molecular formula is C30H43N. The summed E-state index contributed by atoms with van der Waals surface area (Å²) in [4.78, 5) is 0. The molecule has 0 amide bonds. The van der Waals surface area contributed by atoms with Crippen LogP contribution in [0.2, 0.25) is 0 Å². The van der Waals surface area contributed by atoms with Gasteiger partial charge in [0.05, 0.1) is 0 Å². The summed E-state index contributed by atoms with van der Waals surface area (Å²) in [6, 6.07) is 17.6. The van der Waals surface area contributed by atoms with Crippen molar-refractivity contribution < 1.29 is 0 Å². The van der Waals surface area contributed by atoms with Crippen LogP contribution in [0, 0.1) is 23.2 Å². The number of rotatable bonds is 12. The third kappa shape index (κ3) is 6.55. The zero-order valence-electron chi connectivity index (χ0n) is 20.1. The molecule has 0 aromatic heterocycles. The summed E-state index contributed by atoms with van der Waals surface area (Å²) in [6.45, 7) is 7.23. The molecule has 1 saturated carbocycles. The second-order valence-electron chi connectivity index (χ2n) is 9.91. The fourth-order valence-corrected chi connectivity index (χ4v) is 5.95. The van der Waals surface area contributed by atoms with E-state index in [-0.39, 0.29) is 0 Å². The Kier molecular flexibility index (Phi) is 9.37. The van der Waals surface area contributed by atoms with Crippen LogP contribution >= 0.6 is 0 Å². The van der Waals surface area contributed by atoms with Crippen molar-refractivity contribution >= 4 is 6.21 Å². The average molecular weight is 418 g/mol. The van der Waals surface area contributed by atoms with Gasteiger partial charge < -0.3 is 5.41 Å². The summed E-state index contributed by atoms with van der Waals surface area (Å²) in [5, 5.41) is 7.51. The van der Waals surface area contributed by atoms with Crippen LogP contribution in [0.25, 0.3) is 11.1 Å². The lowest BCUT2D eigenvalue weighted by molar-refractivity contribution is 0.298. The fraction of sp³-hybridized carbons (Fsp3) is 0.567. The highest BCUT2D eigenvalue weighted by Gasteiger charge is 2.24. The maximum Gasteiger partial charge on any atom is 0.0250 e. The Hall–Kier alpha value is -1.89. The quantitative estimate of drug-likeness (QED) is 0.333. The molecule has 1 N–H and O–H groups in total. The van der Waals surface area contributed by atoms with E-state index in [9.17, 15) is 0 Å². The zero-order valence-corrected chi connectivity index (χ0v) is 20.1. The van der Waals surface area contributed by atoms with Gasteiger partial charge in [-0.15, -0.1) is 0 Å². The number of benzene rings is 2. The van der Waals surface area contributed by atoms with E-state index in [4.69, 9.17) is 5.41 Å². The predicted molar refractivity (Wildman–Crippen MR) is 136 cm³/mol. The molecular weight excluding hydrogens is 374 g/mol. The van der Waals surface area contributed by atoms with Gasteiger partial charge in [-0.1, -0.05) is 115 Å². The minimum absolute atomic E-state index is 0.670. The molecule has 0 heterocycles. The highest BCUT2D eigenvalue weighted by atomic mass is 14.3. The topological polar surface area (TPSA) is 23.9 Å². The van der Waals surface area contributed by atoms with Crippen molar-refractivity contribution in [2.24, 2.45) is 17.8 Å². The SMILES string of the molecule is CCCC(CCCC(C)C1CCCC1)C(CC)c1ccc(-c2cccc(C=N)c2)cc1. The molecule has 2 aromatic carbocycles. The molecule has 3 atom stereocenters. The smallest absolute Gasteiger partial charge is 0.0250 e. The first-order chi connectivity index (χ1) is 15.2. The molecule has 1 aliphatic carbocycles. The molecule has 3 rings (SSSR count). The molecule has 1 heteroatoms. The van der Waals surface area contributed by atoms with E-state index in [1.54, 1.807) is 0 Å². The van der Waals surface area contributed by atoms with Crippen LogP contribution in [0.1, 0.15) is 102 Å². The van der Waals surface area contributed by atoms with Crippen molar-refractivity contribution in [2.75, 3.05) is 0 Å². The zero-order chi connectivity index (χ0) is 22.1. The lowest BCUT2D eigenvalue weighted by Gasteiger charge is -2.28. The van der Waals surface area contributed by atoms with E-state index in [0.29, 0.717) is 5.92 Å². The highest BCUT2D eigenvalue weighted by Crippen LogP contribution is 2.38. The van der Waals surface area contributed by atoms with Crippen LogP contribution < -0.4 is 0 Å². The molecule has 0 bridgehead atoms. The lowest BCUT2D eigenvalue weighted by atomic mass is 9.77. The molecule has 0 saturated heterocycles. The Labute approximate surface area is 191 Å². The van der Waals surface area contributed by atoms with Gasteiger partial charge in [-0.3, -0.25) is 0 Å². The summed E-state index contributed by atoms with van der Waals surface area (Å²) in [5.74, 6) is 3.40. The van der Waals surface area contributed by atoms with Crippen molar-refractivity contribution in [3.05, 3.63) is 59.7 Å². The van der Waals surface area contributed by atoms with Gasteiger partial charge in [0.15, 0.2) is 0 Å². The van der Waals surface area contributed by atoms with Gasteiger partial charge in [0, 0.05) is 6.21 Å². The minimum Gasteiger partial charge on any atom is -0.308 e. The summed E-state index contributed by atoms with van der Waals surface area (Å²) in [7, 11) is 0. The van der Waals surface area contributed by atoms with Gasteiger partial charge >= 0.3 is 0 Å². The summed E-state index contributed by atoms with van der Waals surface area (Å²) in [6.07, 6.45) is 15.4. The van der Waals surface area contributed by atoms with Crippen LogP contribution in [-0.2, 0) is 0 Å². The van der Waals surface area contributed by atoms with Crippen molar-refractivity contribution in [3.63, 3.8) is 0 Å². The van der Waals surface area contributed by atoms with Gasteiger partial charge in [-0.25, -0.2) is 0 Å². The number of hydrogen-bond donors (Lipinski definition) is 1. The third-order valence-corrected chi connectivity index (χ3v) is 7.83. The first-order valence-corrected chi connectivity index (χ1v) is 12.9. The van der Waals surface area contributed by atoms with Crippen LogP contribution in [-0.4, -0.2) is 6.21 Å². The van der Waals surface area contributed by atoms with Crippen LogP contribution in [0.4, 0.5) is 0 Å². The Morgan fingerprint density at radius 3 is 2.32 bits per heavy atom. The van der Waals surface area contributed by atoms with Gasteiger partial charge in [-0.2, -0.15) is 0 Å². The normalized spacial score (nSPS) is 17.4. The molecule has 1 fully saturated rings. The summed E-state index contributed by atoms with van der Waals surface area (Å²) < 4.78 is 0. The second kappa shape index (κ2) is 12.2. The molecule has 2 aromatic rings. The molecule has 3 unspecified atom stereocenters. The lowest BCUT2D eigenvalue weighted by Crippen LogP contribution is -2.14. The summed E-state index contributed by atoms with van der Waals surface area (Å²) in [5.41, 5.74) is 4.92. The van der Waals surface area contributed by atoms with E-state index in [1.165, 1.54) is 87.1 Å². The van der Waals surface area contributed by atoms with E-state index in [2.05, 4.69) is 57.2 Å². The van der Waals surface area contributed by atoms with Gasteiger partial charge in [0.2, 0.25) is 0 Å². The highest BCUT2D eigenvalue weighted by molar-refractivity contribution is 5.80. The second-order valence-corrected chi connectivity index (χ2v) is 9.91. The summed E-state index contributed by atoms with van der Waals surface area (Å²) >= 11 is 0. The van der Waals surface area contributed by atoms with E-state index < -0.39 is 0 Å². The number of nitrogens with one attached hydrogen (secondary N) is 1. The maximum atomic E-state index is 7.51. The Morgan fingerprint density at radius 1 is 0.935 bits per heavy atom. The van der Waals surface area contributed by atoms with Crippen molar-refractivity contribution in [1.82, 2.24) is 0 Å². The average Bonchev–Trinajstić information content (AvgIpc) is 3.35. The van der Waals surface area contributed by atoms with Crippen LogP contribution in [0.5, 0.6) is 0 Å². The van der Waals surface area contributed by atoms with Crippen molar-refractivity contribution in [3.8, 4) is 11.1 Å². The van der Waals surface area contributed by atoms with Crippen molar-refractivity contribution in [2.45, 2.75) is 90.9 Å². The maximum absolute atomic E-state index is 7.51. The number of hydrogen-bond acceptors (Lipinski definition) is 1. The predicted octanol–water partition coefficient (Wildman–Crippen LogP) is 9.26. The molecule has 1 nitrogen and oxygen atoms in total. The van der Waals surface area contributed by atoms with E-state index in [0.717, 1.165) is 23.3 Å². The van der Waals surface area contributed by atoms with Crippen LogP contribution in [0.15, 0.2) is 48.5 Å². The van der Waals surface area contributed by atoms with Gasteiger partial charge in [-0.05, 0) is 64.8 Å². The van der Waals surface area contributed by atoms with Gasteiger partial charge in [0.1, 0.15) is 0 Å². The van der Waals surface area contributed by atoms with Crippen molar-refractivity contribution in [1.29, 1.82) is 5.41 Å². The van der Waals surface area contributed by atoms with E-state index in [1.807, 2.05) is 12.1 Å². The molecule has 1 aliphatic rings. The van der Waals surface area contributed by atoms with E-state index >= 15 is 0 Å². The Bertz CT molecular complexity index is 784. The first kappa shape index (κ1) is 23.8. The fourth-order valence-electron chi connectivity index (χ4n) is 5.95. The third-order valence-electron chi connectivity index (χ3n) is 7.83. The first-order valence-electron chi connectivity index (χ1n) is 12.9. The largest absolute Gasteiger partial charge is 0.308 e. The standard InChI is InChI=1S/C30H43N/c1-4-10-27(15-8-11-23(3)25-13-6-7-14-25)30(5-2)28-19-17-26(18-20-28)29-16-9-12-24(21-29)22-31/h9,12,16-23,25,27,30-31H,4-8,10-11,13-15H2,1-3H3. The Balaban J connectivity index is 1.64. The molecule has 0 aliphatic heterocycles. The van der Waals surface area contributed by atoms with Gasteiger partial charge in [0.25, 0.3) is 0 Å². The Morgan fingerprint density at radius 2 is 1.68 bits per heavy atom. The molecule has 168 valence electrons.